The van der Waals surface area contributed by atoms with E-state index in [-0.39, 0.29) is 0 Å². The van der Waals surface area contributed by atoms with Gasteiger partial charge in [-0.1, -0.05) is 12.1 Å². The summed E-state index contributed by atoms with van der Waals surface area (Å²) in [4.78, 5) is 17.5. The molecule has 0 unspecified atom stereocenters. The van der Waals surface area contributed by atoms with Crippen LogP contribution >= 0.6 is 0 Å². The molecule has 24 heavy (non-hydrogen) atoms. The Labute approximate surface area is 139 Å². The van der Waals surface area contributed by atoms with Gasteiger partial charge in [-0.2, -0.15) is 0 Å². The van der Waals surface area contributed by atoms with Crippen LogP contribution in [0.2, 0.25) is 0 Å². The van der Waals surface area contributed by atoms with Crippen molar-refractivity contribution in [2.75, 3.05) is 0 Å². The van der Waals surface area contributed by atoms with Gasteiger partial charge < -0.3 is 0 Å². The fourth-order valence-corrected chi connectivity index (χ4v) is 2.54. The van der Waals surface area contributed by atoms with Crippen LogP contribution in [-0.2, 0) is 0 Å². The largest absolute Gasteiger partial charge is 0.263 e. The summed E-state index contributed by atoms with van der Waals surface area (Å²) in [5.74, 6) is 0. The maximum atomic E-state index is 4.38. The van der Waals surface area contributed by atoms with Crippen molar-refractivity contribution in [3.63, 3.8) is 0 Å². The Bertz CT molecular complexity index is 872. The van der Waals surface area contributed by atoms with Gasteiger partial charge in [0.2, 0.25) is 0 Å². The first-order valence-electron chi connectivity index (χ1n) is 7.63. The Morgan fingerprint density at radius 3 is 1.38 bits per heavy atom. The van der Waals surface area contributed by atoms with Crippen LogP contribution in [0.5, 0.6) is 0 Å². The minimum absolute atomic E-state index is 0.903. The van der Waals surface area contributed by atoms with Crippen molar-refractivity contribution in [2.45, 2.75) is 0 Å². The molecule has 0 saturated heterocycles. The quantitative estimate of drug-likeness (QED) is 0.567. The van der Waals surface area contributed by atoms with Crippen LogP contribution in [0, 0.1) is 0 Å². The highest BCUT2D eigenvalue weighted by atomic mass is 14.7. The minimum Gasteiger partial charge on any atom is -0.263 e. The van der Waals surface area contributed by atoms with E-state index in [1.54, 1.807) is 12.4 Å². The Morgan fingerprint density at radius 1 is 0.500 bits per heavy atom. The lowest BCUT2D eigenvalue weighted by molar-refractivity contribution is 1.26. The minimum atomic E-state index is 0.903. The van der Waals surface area contributed by atoms with Gasteiger partial charge in [-0.05, 0) is 36.4 Å². The molecule has 4 nitrogen and oxygen atoms in total. The summed E-state index contributed by atoms with van der Waals surface area (Å²) in [6.07, 6.45) is 10.9. The van der Waals surface area contributed by atoms with Gasteiger partial charge in [-0.15, -0.1) is 0 Å². The van der Waals surface area contributed by atoms with Gasteiger partial charge in [-0.3, -0.25) is 19.9 Å². The highest BCUT2D eigenvalue weighted by Gasteiger charge is 2.06. The van der Waals surface area contributed by atoms with Gasteiger partial charge in [-0.25, -0.2) is 0 Å². The van der Waals surface area contributed by atoms with Gasteiger partial charge in [0.05, 0.1) is 11.4 Å². The molecule has 4 heterocycles. The number of pyridine rings is 4. The van der Waals surface area contributed by atoms with Gasteiger partial charge in [0.25, 0.3) is 0 Å². The molecule has 0 aliphatic heterocycles. The lowest BCUT2D eigenvalue weighted by Gasteiger charge is -2.06. The molecule has 0 saturated carbocycles. The van der Waals surface area contributed by atoms with E-state index in [2.05, 4.69) is 32.1 Å². The zero-order valence-electron chi connectivity index (χ0n) is 12.9. The molecule has 4 aromatic heterocycles. The zero-order valence-corrected chi connectivity index (χ0v) is 12.9. The fourth-order valence-electron chi connectivity index (χ4n) is 2.54. The van der Waals surface area contributed by atoms with Crippen LogP contribution in [0.1, 0.15) is 0 Å². The summed E-state index contributed by atoms with van der Waals surface area (Å²) in [6, 6.07) is 15.9. The van der Waals surface area contributed by atoms with E-state index in [1.165, 1.54) is 0 Å². The number of aromatic nitrogens is 4. The first-order valence-corrected chi connectivity index (χ1v) is 7.63. The first kappa shape index (κ1) is 14.2. The summed E-state index contributed by atoms with van der Waals surface area (Å²) in [5.41, 5.74) is 5.78. The Balaban J connectivity index is 1.75. The molecule has 0 amide bonds. The monoisotopic (exact) mass is 310 g/mol. The molecule has 0 aliphatic carbocycles. The average Bonchev–Trinajstić information content (AvgIpc) is 2.70. The highest BCUT2D eigenvalue weighted by molar-refractivity contribution is 5.73. The molecule has 114 valence electrons. The summed E-state index contributed by atoms with van der Waals surface area (Å²) < 4.78 is 0. The van der Waals surface area contributed by atoms with Crippen molar-refractivity contribution < 1.29 is 0 Å². The van der Waals surface area contributed by atoms with Gasteiger partial charge in [0.15, 0.2) is 0 Å². The summed E-state index contributed by atoms with van der Waals surface area (Å²) in [5, 5.41) is 0. The third-order valence-corrected chi connectivity index (χ3v) is 3.73. The van der Waals surface area contributed by atoms with Gasteiger partial charge in [0, 0.05) is 59.4 Å². The van der Waals surface area contributed by atoms with Crippen LogP contribution in [0.15, 0.2) is 85.7 Å². The maximum Gasteiger partial charge on any atom is 0.0717 e. The predicted octanol–water partition coefficient (Wildman–Crippen LogP) is 4.27. The van der Waals surface area contributed by atoms with Gasteiger partial charge >= 0.3 is 0 Å². The first-order chi connectivity index (χ1) is 11.9. The van der Waals surface area contributed by atoms with Crippen LogP contribution in [-0.4, -0.2) is 19.9 Å². The van der Waals surface area contributed by atoms with Crippen molar-refractivity contribution in [2.24, 2.45) is 0 Å². The summed E-state index contributed by atoms with van der Waals surface area (Å²) in [6.45, 7) is 0. The lowest BCUT2D eigenvalue weighted by atomic mass is 10.0. The topological polar surface area (TPSA) is 51.6 Å². The number of hydrogen-bond donors (Lipinski definition) is 0. The Hall–Kier alpha value is -3.40. The van der Waals surface area contributed by atoms with E-state index in [4.69, 9.17) is 0 Å². The van der Waals surface area contributed by atoms with Crippen molar-refractivity contribution in [1.29, 1.82) is 0 Å². The highest BCUT2D eigenvalue weighted by Crippen LogP contribution is 2.26. The zero-order chi connectivity index (χ0) is 16.2. The molecule has 0 aromatic carbocycles. The smallest absolute Gasteiger partial charge is 0.0717 e. The predicted molar refractivity (Wildman–Crippen MR) is 93.9 cm³/mol. The molecule has 0 bridgehead atoms. The Kier molecular flexibility index (Phi) is 3.78. The molecular weight excluding hydrogens is 296 g/mol. The molecule has 4 rings (SSSR count). The lowest BCUT2D eigenvalue weighted by Crippen LogP contribution is -1.89. The summed E-state index contributed by atoms with van der Waals surface area (Å²) in [7, 11) is 0. The molecule has 4 heteroatoms. The normalized spacial score (nSPS) is 10.5. The van der Waals surface area contributed by atoms with E-state index >= 15 is 0 Å². The van der Waals surface area contributed by atoms with Crippen LogP contribution in [0.25, 0.3) is 33.6 Å². The van der Waals surface area contributed by atoms with Crippen molar-refractivity contribution in [3.8, 4) is 33.6 Å². The van der Waals surface area contributed by atoms with E-state index in [9.17, 15) is 0 Å². The van der Waals surface area contributed by atoms with E-state index in [0.29, 0.717) is 0 Å². The standard InChI is InChI=1S/C20H14N4/c1-3-7-23-19(5-1)17-9-15(11-21-13-17)16-10-18(14-22-12-16)20-6-2-4-8-24-20/h1-14H. The fraction of sp³-hybridized carbons (Fsp3) is 0. The molecule has 0 spiro atoms. The molecule has 0 N–H and O–H groups in total. The molecule has 0 radical (unpaired) electrons. The van der Waals surface area contributed by atoms with Crippen molar-refractivity contribution >= 4 is 0 Å². The van der Waals surface area contributed by atoms with Crippen molar-refractivity contribution in [1.82, 2.24) is 19.9 Å². The third-order valence-electron chi connectivity index (χ3n) is 3.73. The second-order valence-electron chi connectivity index (χ2n) is 5.35. The molecule has 0 aliphatic rings. The van der Waals surface area contributed by atoms with Crippen molar-refractivity contribution in [3.05, 3.63) is 85.7 Å². The third kappa shape index (κ3) is 2.90. The van der Waals surface area contributed by atoms with E-state index in [0.717, 1.165) is 33.6 Å². The van der Waals surface area contributed by atoms with E-state index in [1.807, 2.05) is 61.2 Å². The summed E-state index contributed by atoms with van der Waals surface area (Å²) >= 11 is 0. The Morgan fingerprint density at radius 2 is 0.958 bits per heavy atom. The number of nitrogens with zero attached hydrogens (tertiary/aromatic N) is 4. The number of rotatable bonds is 3. The average molecular weight is 310 g/mol. The van der Waals surface area contributed by atoms with Crippen LogP contribution < -0.4 is 0 Å². The van der Waals surface area contributed by atoms with Gasteiger partial charge in [0.1, 0.15) is 0 Å². The maximum absolute atomic E-state index is 4.38. The van der Waals surface area contributed by atoms with Crippen LogP contribution in [0.4, 0.5) is 0 Å². The molecule has 4 aromatic rings. The number of hydrogen-bond acceptors (Lipinski definition) is 4. The second kappa shape index (κ2) is 6.38. The van der Waals surface area contributed by atoms with E-state index < -0.39 is 0 Å². The molecule has 0 fully saturated rings. The second-order valence-corrected chi connectivity index (χ2v) is 5.35. The van der Waals surface area contributed by atoms with Crippen LogP contribution in [0.3, 0.4) is 0 Å². The molecular formula is C20H14N4. The SMILES string of the molecule is c1ccc(-c2cncc(-c3cncc(-c4ccccn4)c3)c2)nc1. The molecule has 0 atom stereocenters.